The number of ether oxygens (including phenoxy) is 2. The zero-order valence-electron chi connectivity index (χ0n) is 14.3. The second-order valence-electron chi connectivity index (χ2n) is 6.53. The number of rotatable bonds is 6. The first kappa shape index (κ1) is 16.8. The minimum atomic E-state index is -0.00274. The smallest absolute Gasteiger partial charge is 0.278 e. The maximum Gasteiger partial charge on any atom is 0.278 e. The molecule has 2 aliphatic rings. The van der Waals surface area contributed by atoms with Gasteiger partial charge in [0, 0.05) is 12.1 Å². The summed E-state index contributed by atoms with van der Waals surface area (Å²) in [5.74, 6) is 1.80. The lowest BCUT2D eigenvalue weighted by Crippen LogP contribution is -3.29. The Kier molecular flexibility index (Phi) is 5.37. The zero-order valence-corrected chi connectivity index (χ0v) is 14.3. The van der Waals surface area contributed by atoms with Crippen molar-refractivity contribution < 1.29 is 24.1 Å². The molecule has 2 aliphatic heterocycles. The van der Waals surface area contributed by atoms with E-state index in [1.807, 2.05) is 13.0 Å². The van der Waals surface area contributed by atoms with Gasteiger partial charge in [0.25, 0.3) is 5.91 Å². The van der Waals surface area contributed by atoms with Crippen LogP contribution in [-0.2, 0) is 11.3 Å². The Morgan fingerprint density at radius 2 is 2.04 bits per heavy atom. The molecule has 6 heteroatoms. The fourth-order valence-corrected chi connectivity index (χ4v) is 3.39. The highest BCUT2D eigenvalue weighted by Crippen LogP contribution is 2.32. The molecular formula is C18H27N3O3+2. The van der Waals surface area contributed by atoms with E-state index >= 15 is 0 Å². The maximum absolute atomic E-state index is 12.1. The number of carbonyl (C=O) groups excluding carboxylic acids is 1. The molecule has 1 aromatic carbocycles. The van der Waals surface area contributed by atoms with E-state index in [1.54, 1.807) is 11.0 Å². The van der Waals surface area contributed by atoms with E-state index in [-0.39, 0.29) is 11.9 Å². The van der Waals surface area contributed by atoms with Crippen LogP contribution < -0.4 is 24.6 Å². The van der Waals surface area contributed by atoms with Crippen molar-refractivity contribution in [2.24, 2.45) is 0 Å². The molecular weight excluding hydrogens is 306 g/mol. The van der Waals surface area contributed by atoms with Gasteiger partial charge < -0.3 is 24.6 Å². The van der Waals surface area contributed by atoms with Crippen molar-refractivity contribution in [2.45, 2.75) is 19.5 Å². The second kappa shape index (κ2) is 7.68. The first-order valence-corrected chi connectivity index (χ1v) is 8.62. The van der Waals surface area contributed by atoms with Crippen LogP contribution in [0.25, 0.3) is 0 Å². The minimum absolute atomic E-state index is 0.00274. The summed E-state index contributed by atoms with van der Waals surface area (Å²) in [6, 6.07) is 6.19. The largest absolute Gasteiger partial charge is 0.454 e. The third-order valence-corrected chi connectivity index (χ3v) is 4.92. The number of hydrogen-bond donors (Lipinski definition) is 3. The number of quaternary nitrogens is 2. The number of carbonyl (C=O) groups is 1. The average Bonchev–Trinajstić information content (AvgIpc) is 3.07. The third kappa shape index (κ3) is 3.88. The number of piperazine rings is 1. The first-order chi connectivity index (χ1) is 11.7. The summed E-state index contributed by atoms with van der Waals surface area (Å²) in [5, 5.41) is 2.89. The minimum Gasteiger partial charge on any atom is -0.454 e. The fraction of sp³-hybridized carbons (Fsp3) is 0.500. The molecule has 0 spiro atoms. The molecule has 24 heavy (non-hydrogen) atoms. The summed E-state index contributed by atoms with van der Waals surface area (Å²) in [5.41, 5.74) is 1.27. The van der Waals surface area contributed by atoms with Crippen molar-refractivity contribution in [3.05, 3.63) is 36.4 Å². The lowest BCUT2D eigenvalue weighted by atomic mass is 10.1. The van der Waals surface area contributed by atoms with Gasteiger partial charge in [-0.2, -0.15) is 0 Å². The highest BCUT2D eigenvalue weighted by atomic mass is 16.7. The van der Waals surface area contributed by atoms with E-state index in [4.69, 9.17) is 9.47 Å². The highest BCUT2D eigenvalue weighted by Gasteiger charge is 2.30. The van der Waals surface area contributed by atoms with Gasteiger partial charge in [-0.25, -0.2) is 0 Å². The topological polar surface area (TPSA) is 56.4 Å². The Hall–Kier alpha value is -2.05. The molecule has 1 amide bonds. The van der Waals surface area contributed by atoms with Gasteiger partial charge in [0.1, 0.15) is 32.7 Å². The van der Waals surface area contributed by atoms with Crippen molar-refractivity contribution in [1.29, 1.82) is 0 Å². The van der Waals surface area contributed by atoms with Gasteiger partial charge in [-0.3, -0.25) is 4.79 Å². The van der Waals surface area contributed by atoms with Gasteiger partial charge in [-0.1, -0.05) is 6.08 Å². The first-order valence-electron chi connectivity index (χ1n) is 8.62. The van der Waals surface area contributed by atoms with Gasteiger partial charge in [-0.05, 0) is 25.1 Å². The SMILES string of the molecule is C=CCNC(=O)[C@H](C)[NH+]1CC[NH+](Cc2ccc3c(c2)OCO3)CC1. The number of benzene rings is 1. The molecule has 1 atom stereocenters. The summed E-state index contributed by atoms with van der Waals surface area (Å²) in [6.07, 6.45) is 1.72. The second-order valence-corrected chi connectivity index (χ2v) is 6.53. The van der Waals surface area contributed by atoms with Gasteiger partial charge in [0.15, 0.2) is 17.5 Å². The summed E-state index contributed by atoms with van der Waals surface area (Å²) >= 11 is 0. The van der Waals surface area contributed by atoms with Crippen LogP contribution in [0.1, 0.15) is 12.5 Å². The molecule has 130 valence electrons. The van der Waals surface area contributed by atoms with E-state index in [2.05, 4.69) is 24.0 Å². The van der Waals surface area contributed by atoms with E-state index in [0.29, 0.717) is 13.3 Å². The standard InChI is InChI=1S/C18H25N3O3/c1-3-6-19-18(22)14(2)21-9-7-20(8-10-21)12-15-4-5-16-17(11-15)24-13-23-16/h3-5,11,14H,1,6-10,12-13H2,2H3,(H,19,22)/p+2/t14-/m0/s1. The molecule has 3 rings (SSSR count). The Morgan fingerprint density at radius 3 is 2.79 bits per heavy atom. The molecule has 0 unspecified atom stereocenters. The van der Waals surface area contributed by atoms with Crippen LogP contribution in [0.3, 0.4) is 0 Å². The third-order valence-electron chi connectivity index (χ3n) is 4.92. The fourth-order valence-electron chi connectivity index (χ4n) is 3.39. The number of hydrogen-bond acceptors (Lipinski definition) is 3. The van der Waals surface area contributed by atoms with Gasteiger partial charge in [0.05, 0.1) is 0 Å². The molecule has 0 aromatic heterocycles. The van der Waals surface area contributed by atoms with Gasteiger partial charge >= 0.3 is 0 Å². The molecule has 3 N–H and O–H groups in total. The lowest BCUT2D eigenvalue weighted by molar-refractivity contribution is -1.02. The molecule has 1 aromatic rings. The van der Waals surface area contributed by atoms with E-state index in [9.17, 15) is 4.79 Å². The Labute approximate surface area is 143 Å². The molecule has 1 saturated heterocycles. The van der Waals surface area contributed by atoms with Crippen LogP contribution in [0.5, 0.6) is 11.5 Å². The van der Waals surface area contributed by atoms with Crippen molar-refractivity contribution in [1.82, 2.24) is 5.32 Å². The predicted octanol–water partition coefficient (Wildman–Crippen LogP) is -1.61. The molecule has 0 bridgehead atoms. The van der Waals surface area contributed by atoms with E-state index in [1.165, 1.54) is 10.5 Å². The van der Waals surface area contributed by atoms with Crippen LogP contribution in [-0.4, -0.2) is 51.5 Å². The number of fused-ring (bicyclic) bond motifs is 1. The van der Waals surface area contributed by atoms with Gasteiger partial charge in [0.2, 0.25) is 6.79 Å². The van der Waals surface area contributed by atoms with Crippen molar-refractivity contribution in [2.75, 3.05) is 39.5 Å². The monoisotopic (exact) mass is 333 g/mol. The Balaban J connectivity index is 1.48. The quantitative estimate of drug-likeness (QED) is 0.549. The molecule has 0 aliphatic carbocycles. The normalized spacial score (nSPS) is 23.5. The van der Waals surface area contributed by atoms with Gasteiger partial charge in [-0.15, -0.1) is 6.58 Å². The van der Waals surface area contributed by atoms with Crippen molar-refractivity contribution in [3.8, 4) is 11.5 Å². The van der Waals surface area contributed by atoms with Crippen LogP contribution >= 0.6 is 0 Å². The summed E-state index contributed by atoms with van der Waals surface area (Å²) < 4.78 is 10.8. The highest BCUT2D eigenvalue weighted by molar-refractivity contribution is 5.80. The molecule has 6 nitrogen and oxygen atoms in total. The van der Waals surface area contributed by atoms with E-state index < -0.39 is 0 Å². The summed E-state index contributed by atoms with van der Waals surface area (Å²) in [4.78, 5) is 15.0. The van der Waals surface area contributed by atoms with Crippen LogP contribution in [0.4, 0.5) is 0 Å². The molecule has 2 heterocycles. The maximum atomic E-state index is 12.1. The molecule has 0 radical (unpaired) electrons. The average molecular weight is 333 g/mol. The Morgan fingerprint density at radius 1 is 1.29 bits per heavy atom. The number of amides is 1. The summed E-state index contributed by atoms with van der Waals surface area (Å²) in [6.45, 7) is 11.7. The Bertz CT molecular complexity index is 597. The van der Waals surface area contributed by atoms with Crippen molar-refractivity contribution in [3.63, 3.8) is 0 Å². The summed E-state index contributed by atoms with van der Waals surface area (Å²) in [7, 11) is 0. The van der Waals surface area contributed by atoms with Crippen LogP contribution in [0, 0.1) is 0 Å². The molecule has 0 saturated carbocycles. The van der Waals surface area contributed by atoms with E-state index in [0.717, 1.165) is 44.2 Å². The predicted molar refractivity (Wildman–Crippen MR) is 90.3 cm³/mol. The lowest BCUT2D eigenvalue weighted by Gasteiger charge is -2.32. The number of nitrogens with one attached hydrogen (secondary N) is 3. The molecule has 1 fully saturated rings. The zero-order chi connectivity index (χ0) is 16.9. The van der Waals surface area contributed by atoms with Crippen molar-refractivity contribution >= 4 is 5.91 Å². The van der Waals surface area contributed by atoms with Crippen LogP contribution in [0.15, 0.2) is 30.9 Å². The van der Waals surface area contributed by atoms with Crippen LogP contribution in [0.2, 0.25) is 0 Å².